The molecule has 0 fully saturated rings. The number of rotatable bonds is 35. The van der Waals surface area contributed by atoms with Crippen LogP contribution in [0.4, 0.5) is 0 Å². The number of hydrogen-bond acceptors (Lipinski definition) is 16. The minimum Gasteiger partial charge on any atom is -0.496 e. The summed E-state index contributed by atoms with van der Waals surface area (Å²) in [5, 5.41) is 8.29. The molecule has 0 spiro atoms. The van der Waals surface area contributed by atoms with E-state index in [-0.39, 0.29) is 127 Å². The summed E-state index contributed by atoms with van der Waals surface area (Å²) in [5.74, 6) is -4.10. The number of amides is 4. The normalized spacial score (nSPS) is 12.2. The van der Waals surface area contributed by atoms with E-state index in [9.17, 15) is 38.4 Å². The number of aliphatic imine (C=N–C) groups is 3. The molecule has 4 atom stereocenters. The Balaban J connectivity index is 1.53. The number of methoxy groups -OCH3 is 4. The number of carbonyl (C=O) groups is 8. The molecule has 0 aliphatic carbocycles. The van der Waals surface area contributed by atoms with Gasteiger partial charge < -0.3 is 80.8 Å². The first-order chi connectivity index (χ1) is 39.5. The second-order valence-electron chi connectivity index (χ2n) is 19.3. The van der Waals surface area contributed by atoms with Crippen LogP contribution in [0.2, 0.25) is 0 Å². The maximum absolute atomic E-state index is 14.3. The van der Waals surface area contributed by atoms with E-state index >= 15 is 0 Å². The number of nitrogens with one attached hydrogen (secondary N) is 3. The van der Waals surface area contributed by atoms with E-state index in [0.717, 1.165) is 0 Å². The van der Waals surface area contributed by atoms with Gasteiger partial charge in [-0.25, -0.2) is 0 Å². The van der Waals surface area contributed by atoms with Gasteiger partial charge in [0, 0.05) is 45.3 Å². The van der Waals surface area contributed by atoms with Gasteiger partial charge in [0.05, 0.1) is 74.9 Å². The van der Waals surface area contributed by atoms with Crippen molar-refractivity contribution < 1.29 is 57.3 Å². The summed E-state index contributed by atoms with van der Waals surface area (Å²) in [6.07, 6.45) is 0.772. The summed E-state index contributed by atoms with van der Waals surface area (Å²) >= 11 is 0. The Labute approximate surface area is 480 Å². The van der Waals surface area contributed by atoms with Crippen molar-refractivity contribution in [2.75, 3.05) is 48.1 Å². The summed E-state index contributed by atoms with van der Waals surface area (Å²) in [6.45, 7) is 2.10. The van der Waals surface area contributed by atoms with Crippen molar-refractivity contribution in [3.05, 3.63) is 117 Å². The second kappa shape index (κ2) is 32.6. The highest BCUT2D eigenvalue weighted by Gasteiger charge is 2.28. The second-order valence-corrected chi connectivity index (χ2v) is 19.3. The molecule has 4 aromatic rings. The number of nitrogens with two attached hydrogens (primary N) is 8. The third kappa shape index (κ3) is 20.8. The van der Waals surface area contributed by atoms with Crippen molar-refractivity contribution in [1.82, 2.24) is 16.0 Å². The highest BCUT2D eigenvalue weighted by Crippen LogP contribution is 2.26. The number of guanidine groups is 3. The van der Waals surface area contributed by atoms with Crippen LogP contribution < -0.4 is 80.8 Å². The van der Waals surface area contributed by atoms with Crippen molar-refractivity contribution in [2.45, 2.75) is 95.3 Å². The van der Waals surface area contributed by atoms with E-state index in [1.54, 1.807) is 30.3 Å². The Bertz CT molecular complexity index is 3080. The molecule has 0 heterocycles. The number of ether oxygens (including phenoxy) is 4. The van der Waals surface area contributed by atoms with Crippen LogP contribution in [-0.2, 0) is 44.9 Å². The molecule has 0 saturated heterocycles. The molecule has 4 rings (SSSR count). The molecule has 4 amide bonds. The fraction of sp³-hybridized carbons (Fsp3) is 0.386. The van der Waals surface area contributed by atoms with Crippen LogP contribution in [0.1, 0.15) is 109 Å². The van der Waals surface area contributed by atoms with E-state index in [1.165, 1.54) is 77.8 Å². The Morgan fingerprint density at radius 1 is 0.422 bits per heavy atom. The average molecular weight is 1150 g/mol. The number of nitrogens with zero attached hydrogens (tertiary/aromatic N) is 3. The van der Waals surface area contributed by atoms with Gasteiger partial charge in [-0.15, -0.1) is 0 Å². The molecular weight excluding hydrogens is 1070 g/mol. The quantitative estimate of drug-likeness (QED) is 0.0166. The van der Waals surface area contributed by atoms with Gasteiger partial charge in [-0.1, -0.05) is 24.3 Å². The largest absolute Gasteiger partial charge is 0.496 e. The van der Waals surface area contributed by atoms with Crippen molar-refractivity contribution in [3.8, 4) is 23.0 Å². The first-order valence-corrected chi connectivity index (χ1v) is 26.4. The zero-order chi connectivity index (χ0) is 61.3. The highest BCUT2D eigenvalue weighted by atomic mass is 16.5. The lowest BCUT2D eigenvalue weighted by atomic mass is 9.96. The summed E-state index contributed by atoms with van der Waals surface area (Å²) in [7, 11) is 5.45. The molecule has 26 heteroatoms. The molecule has 0 aromatic heterocycles. The molecule has 0 aliphatic heterocycles. The van der Waals surface area contributed by atoms with Crippen molar-refractivity contribution in [2.24, 2.45) is 60.8 Å². The minimum atomic E-state index is -1.14. The Hall–Kier alpha value is -9.59. The lowest BCUT2D eigenvalue weighted by Gasteiger charge is -2.20. The summed E-state index contributed by atoms with van der Waals surface area (Å²) < 4.78 is 21.7. The van der Waals surface area contributed by atoms with E-state index < -0.39 is 65.1 Å². The monoisotopic (exact) mass is 1150 g/mol. The molecule has 4 aromatic carbocycles. The van der Waals surface area contributed by atoms with Crippen LogP contribution in [0.3, 0.4) is 0 Å². The van der Waals surface area contributed by atoms with Crippen molar-refractivity contribution in [1.29, 1.82) is 0 Å². The lowest BCUT2D eigenvalue weighted by Crippen LogP contribution is -2.42. The number of hydrogen-bond donors (Lipinski definition) is 11. The van der Waals surface area contributed by atoms with Gasteiger partial charge in [-0.2, -0.15) is 0 Å². The maximum atomic E-state index is 14.3. The Morgan fingerprint density at radius 3 is 1.06 bits per heavy atom. The number of Topliss-reactive ketones (excluding diaryl/α,β-unsaturated/α-hetero) is 4. The molecule has 83 heavy (non-hydrogen) atoms. The van der Waals surface area contributed by atoms with Crippen LogP contribution in [0.25, 0.3) is 0 Å². The van der Waals surface area contributed by atoms with Gasteiger partial charge in [0.2, 0.25) is 0 Å². The van der Waals surface area contributed by atoms with E-state index in [2.05, 4.69) is 30.9 Å². The summed E-state index contributed by atoms with van der Waals surface area (Å²) in [6, 6.07) is 14.2. The smallest absolute Gasteiger partial charge is 0.255 e. The number of benzene rings is 4. The molecule has 0 radical (unpaired) electrons. The van der Waals surface area contributed by atoms with Gasteiger partial charge in [-0.05, 0) is 116 Å². The first-order valence-electron chi connectivity index (χ1n) is 26.4. The summed E-state index contributed by atoms with van der Waals surface area (Å²) in [5.41, 5.74) is 46.3. The van der Waals surface area contributed by atoms with Crippen LogP contribution in [0.5, 0.6) is 23.0 Å². The van der Waals surface area contributed by atoms with Crippen molar-refractivity contribution >= 4 is 64.6 Å². The maximum Gasteiger partial charge on any atom is 0.255 e. The van der Waals surface area contributed by atoms with E-state index in [1.807, 2.05) is 0 Å². The topological polar surface area (TPSA) is 455 Å². The average Bonchev–Trinajstić information content (AvgIpc) is 3.45. The number of primary amides is 1. The molecule has 446 valence electrons. The molecule has 26 nitrogen and oxygen atoms in total. The zero-order valence-electron chi connectivity index (χ0n) is 47.3. The lowest BCUT2D eigenvalue weighted by molar-refractivity contribution is -0.121. The fourth-order valence-electron chi connectivity index (χ4n) is 8.66. The van der Waals surface area contributed by atoms with E-state index in [0.29, 0.717) is 48.1 Å². The van der Waals surface area contributed by atoms with Gasteiger partial charge in [-0.3, -0.25) is 53.3 Å². The Morgan fingerprint density at radius 2 is 0.723 bits per heavy atom. The SMILES string of the molecule is COc1ccc(CC(=O)[C@@H](CCCN=C(N)N)NC(=O)c2cc(CC(=O)[C@@H](CCCN=C(N)N)NC(=O)c3cc(CC(=O)[C@@H](C)NC(=O)c4cc(CC(=O)[C@H](N)CCCN=C(N)N)ccc4OC)ccc3OC)ccc2OC)cc1C(N)=O. The molecule has 0 saturated carbocycles. The van der Waals surface area contributed by atoms with Crippen molar-refractivity contribution in [3.63, 3.8) is 0 Å². The van der Waals surface area contributed by atoms with Gasteiger partial charge in [0.15, 0.2) is 41.0 Å². The van der Waals surface area contributed by atoms with Gasteiger partial charge in [0.1, 0.15) is 23.0 Å². The molecule has 0 bridgehead atoms. The highest BCUT2D eigenvalue weighted by molar-refractivity contribution is 6.03. The number of ketones is 4. The fourth-order valence-corrected chi connectivity index (χ4v) is 8.66. The van der Waals surface area contributed by atoms with Crippen LogP contribution in [-0.4, -0.2) is 137 Å². The summed E-state index contributed by atoms with van der Waals surface area (Å²) in [4.78, 5) is 121. The van der Waals surface area contributed by atoms with Crippen LogP contribution >= 0.6 is 0 Å². The third-order valence-corrected chi connectivity index (χ3v) is 13.1. The molecule has 0 aliphatic rings. The van der Waals surface area contributed by atoms with Crippen LogP contribution in [0.15, 0.2) is 87.8 Å². The first kappa shape index (κ1) is 65.9. The predicted octanol–water partition coefficient (Wildman–Crippen LogP) is 0.170. The van der Waals surface area contributed by atoms with Gasteiger partial charge >= 0.3 is 0 Å². The molecule has 0 unspecified atom stereocenters. The predicted molar refractivity (Wildman–Crippen MR) is 312 cm³/mol. The van der Waals surface area contributed by atoms with Gasteiger partial charge in [0.25, 0.3) is 23.6 Å². The minimum absolute atomic E-state index is 0.00723. The molecular formula is C57H76N14O12. The van der Waals surface area contributed by atoms with Crippen LogP contribution in [0, 0.1) is 0 Å². The Kier molecular flexibility index (Phi) is 25.9. The third-order valence-electron chi connectivity index (χ3n) is 13.1. The zero-order valence-corrected chi connectivity index (χ0v) is 47.3. The molecule has 19 N–H and O–H groups in total. The standard InChI is InChI=1S/C57H76N14O12/c1-31(69-52(77)37-25-34(14-18-48(37)81-3)28-44(73)40(58)9-6-20-66-55(60)61)43(72)27-33-13-17-49(82-4)38(24-33)53(78)71-42(11-8-22-68-57(64)65)46(75)30-35-15-19-50(83-5)39(26-35)54(79)70-41(10-7-21-67-56(62)63)45(74)29-32-12-16-47(80-2)36(23-32)51(59)76/h12-19,23-26,31,40-42H,6-11,20-22,27-30,58H2,1-5H3,(H2,59,76)(H,69,77)(H,70,79)(H,71,78)(H4,60,61,66)(H4,62,63,67)(H4,64,65,68)/t31-,40-,41-,42-/m1/s1. The number of carbonyl (C=O) groups excluding carboxylic acids is 8. The van der Waals surface area contributed by atoms with E-state index in [4.69, 9.17) is 64.8 Å².